The number of amides is 1. The SMILES string of the molecule is O=C(O)c1ccc2c(c1)CN(C(=O)CCSc1ccccc1F)CC2. The third-order valence-electron chi connectivity index (χ3n) is 4.23. The Hall–Kier alpha value is -2.34. The molecule has 0 unspecified atom stereocenters. The number of carboxylic acid groups (broad SMARTS) is 1. The van der Waals surface area contributed by atoms with E-state index < -0.39 is 5.97 Å². The molecule has 2 aromatic rings. The second-order valence-corrected chi connectivity index (χ2v) is 7.02. The lowest BCUT2D eigenvalue weighted by molar-refractivity contribution is -0.131. The Morgan fingerprint density at radius 2 is 1.96 bits per heavy atom. The molecule has 130 valence electrons. The highest BCUT2D eigenvalue weighted by Gasteiger charge is 2.21. The van der Waals surface area contributed by atoms with Crippen molar-refractivity contribution in [1.29, 1.82) is 0 Å². The minimum Gasteiger partial charge on any atom is -0.478 e. The Morgan fingerprint density at radius 1 is 1.16 bits per heavy atom. The average Bonchev–Trinajstić information content (AvgIpc) is 2.62. The Labute approximate surface area is 149 Å². The van der Waals surface area contributed by atoms with E-state index in [1.807, 2.05) is 6.07 Å². The molecule has 0 saturated carbocycles. The van der Waals surface area contributed by atoms with E-state index in [9.17, 15) is 14.0 Å². The number of carboxylic acids is 1. The van der Waals surface area contributed by atoms with Gasteiger partial charge < -0.3 is 10.0 Å². The van der Waals surface area contributed by atoms with Gasteiger partial charge in [0.15, 0.2) is 0 Å². The van der Waals surface area contributed by atoms with E-state index in [0.717, 1.165) is 17.5 Å². The average molecular weight is 359 g/mol. The van der Waals surface area contributed by atoms with Crippen LogP contribution in [0.4, 0.5) is 4.39 Å². The minimum absolute atomic E-state index is 0.00946. The van der Waals surface area contributed by atoms with Crippen LogP contribution in [0.3, 0.4) is 0 Å². The number of halogens is 1. The summed E-state index contributed by atoms with van der Waals surface area (Å²) in [5.41, 5.74) is 2.22. The molecule has 0 atom stereocenters. The summed E-state index contributed by atoms with van der Waals surface area (Å²) in [7, 11) is 0. The monoisotopic (exact) mass is 359 g/mol. The van der Waals surface area contributed by atoms with Gasteiger partial charge in [-0.3, -0.25) is 4.79 Å². The van der Waals surface area contributed by atoms with Crippen molar-refractivity contribution in [2.75, 3.05) is 12.3 Å². The molecular formula is C19H18FNO3S. The Morgan fingerprint density at radius 3 is 2.72 bits per heavy atom. The van der Waals surface area contributed by atoms with Gasteiger partial charge in [-0.1, -0.05) is 18.2 Å². The molecule has 1 aliphatic rings. The van der Waals surface area contributed by atoms with Gasteiger partial charge in [-0.25, -0.2) is 9.18 Å². The molecule has 2 aromatic carbocycles. The van der Waals surface area contributed by atoms with Gasteiger partial charge in [-0.05, 0) is 41.8 Å². The standard InChI is InChI=1S/C19H18FNO3S/c20-16-3-1-2-4-17(16)25-10-8-18(22)21-9-7-13-5-6-14(19(23)24)11-15(13)12-21/h1-6,11H,7-10,12H2,(H,23,24). The lowest BCUT2D eigenvalue weighted by Gasteiger charge is -2.29. The van der Waals surface area contributed by atoms with E-state index >= 15 is 0 Å². The van der Waals surface area contributed by atoms with E-state index in [-0.39, 0.29) is 17.3 Å². The maximum absolute atomic E-state index is 13.6. The first-order chi connectivity index (χ1) is 12.0. The van der Waals surface area contributed by atoms with Crippen molar-refractivity contribution in [2.45, 2.75) is 24.3 Å². The first-order valence-corrected chi connectivity index (χ1v) is 9.03. The molecule has 0 bridgehead atoms. The molecule has 0 spiro atoms. The fourth-order valence-electron chi connectivity index (χ4n) is 2.87. The molecule has 0 fully saturated rings. The van der Waals surface area contributed by atoms with E-state index in [1.54, 1.807) is 35.2 Å². The predicted octanol–water partition coefficient (Wildman–Crippen LogP) is 3.59. The third kappa shape index (κ3) is 4.20. The molecule has 0 radical (unpaired) electrons. The van der Waals surface area contributed by atoms with E-state index in [2.05, 4.69) is 0 Å². The van der Waals surface area contributed by atoms with Crippen molar-refractivity contribution in [3.63, 3.8) is 0 Å². The van der Waals surface area contributed by atoms with Crippen LogP contribution in [0.1, 0.15) is 27.9 Å². The number of carbonyl (C=O) groups excluding carboxylic acids is 1. The molecule has 1 N–H and O–H groups in total. The molecule has 0 aromatic heterocycles. The normalized spacial score (nSPS) is 13.4. The molecule has 0 saturated heterocycles. The molecule has 3 rings (SSSR count). The summed E-state index contributed by atoms with van der Waals surface area (Å²) in [6.07, 6.45) is 1.05. The lowest BCUT2D eigenvalue weighted by Crippen LogP contribution is -2.36. The molecule has 25 heavy (non-hydrogen) atoms. The molecule has 0 aliphatic carbocycles. The number of thioether (sulfide) groups is 1. The lowest BCUT2D eigenvalue weighted by atomic mass is 9.97. The molecule has 4 nitrogen and oxygen atoms in total. The van der Waals surface area contributed by atoms with E-state index in [1.165, 1.54) is 17.8 Å². The van der Waals surface area contributed by atoms with Gasteiger partial charge in [0.2, 0.25) is 5.91 Å². The zero-order chi connectivity index (χ0) is 17.8. The van der Waals surface area contributed by atoms with Crippen LogP contribution < -0.4 is 0 Å². The van der Waals surface area contributed by atoms with E-state index in [4.69, 9.17) is 5.11 Å². The van der Waals surface area contributed by atoms with Crippen molar-refractivity contribution in [3.05, 3.63) is 65.0 Å². The van der Waals surface area contributed by atoms with Crippen molar-refractivity contribution >= 4 is 23.6 Å². The van der Waals surface area contributed by atoms with Gasteiger partial charge in [-0.15, -0.1) is 11.8 Å². The quantitative estimate of drug-likeness (QED) is 0.829. The summed E-state index contributed by atoms with van der Waals surface area (Å²) in [5, 5.41) is 9.09. The summed E-state index contributed by atoms with van der Waals surface area (Å²) < 4.78 is 13.6. The first-order valence-electron chi connectivity index (χ1n) is 8.05. The van der Waals surface area contributed by atoms with Crippen LogP contribution >= 0.6 is 11.8 Å². The van der Waals surface area contributed by atoms with Gasteiger partial charge in [0.05, 0.1) is 5.56 Å². The van der Waals surface area contributed by atoms with Crippen LogP contribution in [0.25, 0.3) is 0 Å². The zero-order valence-electron chi connectivity index (χ0n) is 13.6. The summed E-state index contributed by atoms with van der Waals surface area (Å²) in [6, 6.07) is 11.6. The highest BCUT2D eigenvalue weighted by molar-refractivity contribution is 7.99. The van der Waals surface area contributed by atoms with Crippen LogP contribution in [0.2, 0.25) is 0 Å². The number of benzene rings is 2. The fourth-order valence-corrected chi connectivity index (χ4v) is 3.75. The van der Waals surface area contributed by atoms with Gasteiger partial charge in [-0.2, -0.15) is 0 Å². The van der Waals surface area contributed by atoms with Crippen molar-refractivity contribution in [3.8, 4) is 0 Å². The number of aromatic carboxylic acids is 1. The topological polar surface area (TPSA) is 57.6 Å². The minimum atomic E-state index is -0.965. The summed E-state index contributed by atoms with van der Waals surface area (Å²) in [6.45, 7) is 1.06. The second kappa shape index (κ2) is 7.70. The fraction of sp³-hybridized carbons (Fsp3) is 0.263. The van der Waals surface area contributed by atoms with Gasteiger partial charge in [0, 0.05) is 30.2 Å². The highest BCUT2D eigenvalue weighted by Crippen LogP contribution is 2.24. The largest absolute Gasteiger partial charge is 0.478 e. The predicted molar refractivity (Wildman–Crippen MR) is 94.3 cm³/mol. The van der Waals surface area contributed by atoms with Crippen LogP contribution in [-0.2, 0) is 17.8 Å². The summed E-state index contributed by atoms with van der Waals surface area (Å²) >= 11 is 1.33. The molecule has 6 heteroatoms. The maximum atomic E-state index is 13.6. The Kier molecular flexibility index (Phi) is 5.38. The number of fused-ring (bicyclic) bond motifs is 1. The van der Waals surface area contributed by atoms with Crippen LogP contribution in [0, 0.1) is 5.82 Å². The van der Waals surface area contributed by atoms with Crippen LogP contribution in [0.15, 0.2) is 47.4 Å². The molecule has 1 aliphatic heterocycles. The second-order valence-electron chi connectivity index (χ2n) is 5.88. The number of rotatable bonds is 5. The van der Waals surface area contributed by atoms with E-state index in [0.29, 0.717) is 30.2 Å². The third-order valence-corrected chi connectivity index (χ3v) is 5.28. The molecular weight excluding hydrogens is 341 g/mol. The van der Waals surface area contributed by atoms with Crippen LogP contribution in [-0.4, -0.2) is 34.2 Å². The number of nitrogens with zero attached hydrogens (tertiary/aromatic N) is 1. The highest BCUT2D eigenvalue weighted by atomic mass is 32.2. The van der Waals surface area contributed by atoms with Crippen molar-refractivity contribution in [2.24, 2.45) is 0 Å². The smallest absolute Gasteiger partial charge is 0.335 e. The van der Waals surface area contributed by atoms with Gasteiger partial charge >= 0.3 is 5.97 Å². The summed E-state index contributed by atoms with van der Waals surface area (Å²) in [4.78, 5) is 25.8. The first kappa shape index (κ1) is 17.5. The number of hydrogen-bond donors (Lipinski definition) is 1. The molecule has 1 heterocycles. The Bertz CT molecular complexity index is 809. The number of carbonyl (C=O) groups is 2. The van der Waals surface area contributed by atoms with Gasteiger partial charge in [0.1, 0.15) is 5.82 Å². The number of hydrogen-bond acceptors (Lipinski definition) is 3. The van der Waals surface area contributed by atoms with Crippen LogP contribution in [0.5, 0.6) is 0 Å². The van der Waals surface area contributed by atoms with Crippen molar-refractivity contribution < 1.29 is 19.1 Å². The molecule has 1 amide bonds. The van der Waals surface area contributed by atoms with Gasteiger partial charge in [0.25, 0.3) is 0 Å². The Balaban J connectivity index is 1.58. The maximum Gasteiger partial charge on any atom is 0.335 e. The zero-order valence-corrected chi connectivity index (χ0v) is 14.4. The van der Waals surface area contributed by atoms with Crippen molar-refractivity contribution in [1.82, 2.24) is 4.90 Å². The summed E-state index contributed by atoms with van der Waals surface area (Å²) in [5.74, 6) is -0.714.